The van der Waals surface area contributed by atoms with Crippen molar-refractivity contribution < 1.29 is 19.1 Å². The summed E-state index contributed by atoms with van der Waals surface area (Å²) >= 11 is 6.09. The zero-order chi connectivity index (χ0) is 19.6. The number of para-hydroxylation sites is 1. The number of hydrogen-bond donors (Lipinski definition) is 1. The molecule has 7 heteroatoms. The number of rotatable bonds is 6. The number of nitrogens with one attached hydrogen (secondary N) is 1. The molecule has 1 heterocycles. The van der Waals surface area contributed by atoms with E-state index in [1.54, 1.807) is 49.4 Å². The van der Waals surface area contributed by atoms with Crippen LogP contribution in [0.4, 0.5) is 5.69 Å². The summed E-state index contributed by atoms with van der Waals surface area (Å²) in [6.07, 6.45) is 0. The van der Waals surface area contributed by atoms with E-state index in [4.69, 9.17) is 21.1 Å². The first kappa shape index (κ1) is 18.8. The normalized spacial score (nSPS) is 14.0. The molecule has 140 valence electrons. The molecule has 6 nitrogen and oxygen atoms in total. The number of amides is 2. The lowest BCUT2D eigenvalue weighted by molar-refractivity contribution is -0.136. The van der Waals surface area contributed by atoms with Gasteiger partial charge in [0.25, 0.3) is 11.8 Å². The maximum atomic E-state index is 12.9. The third-order valence-electron chi connectivity index (χ3n) is 4.28. The Kier molecular flexibility index (Phi) is 5.37. The number of nitrogens with zero attached hydrogens (tertiary/aromatic N) is 1. The standard InChI is InChI=1S/C20H19ClN2O4/c1-4-23-19(24)17(13-7-5-6-8-15(13)26-2)18(20(23)25)22-14-11-12(21)9-10-16(14)27-3/h5-11,22H,4H2,1-3H3. The third kappa shape index (κ3) is 3.36. The van der Waals surface area contributed by atoms with Crippen LogP contribution < -0.4 is 14.8 Å². The first-order valence-electron chi connectivity index (χ1n) is 8.36. The summed E-state index contributed by atoms with van der Waals surface area (Å²) in [7, 11) is 3.04. The molecule has 3 rings (SSSR count). The zero-order valence-electron chi connectivity index (χ0n) is 15.2. The van der Waals surface area contributed by atoms with Crippen LogP contribution in [0.2, 0.25) is 5.02 Å². The minimum Gasteiger partial charge on any atom is -0.496 e. The molecule has 2 amide bonds. The van der Waals surface area contributed by atoms with Crippen molar-refractivity contribution in [3.05, 3.63) is 58.7 Å². The van der Waals surface area contributed by atoms with Crippen LogP contribution in [0.5, 0.6) is 11.5 Å². The number of halogens is 1. The molecular weight excluding hydrogens is 368 g/mol. The van der Waals surface area contributed by atoms with Gasteiger partial charge in [-0.2, -0.15) is 0 Å². The number of benzene rings is 2. The summed E-state index contributed by atoms with van der Waals surface area (Å²) in [6.45, 7) is 2.01. The van der Waals surface area contributed by atoms with E-state index in [9.17, 15) is 9.59 Å². The second kappa shape index (κ2) is 7.72. The number of carbonyl (C=O) groups is 2. The second-order valence-electron chi connectivity index (χ2n) is 5.77. The van der Waals surface area contributed by atoms with Crippen LogP contribution >= 0.6 is 11.6 Å². The maximum absolute atomic E-state index is 12.9. The van der Waals surface area contributed by atoms with Crippen LogP contribution in [0.15, 0.2) is 48.2 Å². The summed E-state index contributed by atoms with van der Waals surface area (Å²) in [5.74, 6) is 0.214. The number of likely N-dealkylation sites (N-methyl/N-ethyl adjacent to an activating group) is 1. The molecule has 0 atom stereocenters. The quantitative estimate of drug-likeness (QED) is 0.769. The SMILES string of the molecule is CCN1C(=O)C(Nc2cc(Cl)ccc2OC)=C(c2ccccc2OC)C1=O. The third-order valence-corrected chi connectivity index (χ3v) is 4.52. The van der Waals surface area contributed by atoms with Crippen molar-refractivity contribution in [3.8, 4) is 11.5 Å². The summed E-state index contributed by atoms with van der Waals surface area (Å²) in [4.78, 5) is 27.0. The van der Waals surface area contributed by atoms with Crippen LogP contribution in [0.25, 0.3) is 5.57 Å². The molecular formula is C20H19ClN2O4. The fraction of sp³-hybridized carbons (Fsp3) is 0.200. The highest BCUT2D eigenvalue weighted by molar-refractivity contribution is 6.37. The molecule has 0 saturated carbocycles. The van der Waals surface area contributed by atoms with Gasteiger partial charge in [-0.3, -0.25) is 14.5 Å². The predicted octanol–water partition coefficient (Wildman–Crippen LogP) is 3.57. The van der Waals surface area contributed by atoms with E-state index in [-0.39, 0.29) is 23.7 Å². The van der Waals surface area contributed by atoms with Gasteiger partial charge in [-0.1, -0.05) is 29.8 Å². The van der Waals surface area contributed by atoms with Crippen molar-refractivity contribution in [2.24, 2.45) is 0 Å². The van der Waals surface area contributed by atoms with Gasteiger partial charge in [0.2, 0.25) is 0 Å². The van der Waals surface area contributed by atoms with Crippen molar-refractivity contribution in [2.45, 2.75) is 6.92 Å². The number of hydrogen-bond acceptors (Lipinski definition) is 5. The average molecular weight is 387 g/mol. The Morgan fingerprint density at radius 2 is 1.70 bits per heavy atom. The molecule has 0 saturated heterocycles. The van der Waals surface area contributed by atoms with Crippen LogP contribution in [0.1, 0.15) is 12.5 Å². The van der Waals surface area contributed by atoms with E-state index in [2.05, 4.69) is 5.32 Å². The Morgan fingerprint density at radius 1 is 1.00 bits per heavy atom. The lowest BCUT2D eigenvalue weighted by Crippen LogP contribution is -2.32. The first-order chi connectivity index (χ1) is 13.0. The van der Waals surface area contributed by atoms with E-state index < -0.39 is 5.91 Å². The predicted molar refractivity (Wildman–Crippen MR) is 104 cm³/mol. The van der Waals surface area contributed by atoms with Crippen molar-refractivity contribution in [3.63, 3.8) is 0 Å². The van der Waals surface area contributed by atoms with Gasteiger partial charge in [0.1, 0.15) is 17.2 Å². The fourth-order valence-electron chi connectivity index (χ4n) is 2.99. The van der Waals surface area contributed by atoms with Gasteiger partial charge in [-0.05, 0) is 31.2 Å². The van der Waals surface area contributed by atoms with Crippen LogP contribution in [0.3, 0.4) is 0 Å². The Balaban J connectivity index is 2.18. The van der Waals surface area contributed by atoms with Gasteiger partial charge < -0.3 is 14.8 Å². The molecule has 2 aromatic rings. The highest BCUT2D eigenvalue weighted by Crippen LogP contribution is 2.37. The molecule has 27 heavy (non-hydrogen) atoms. The molecule has 1 N–H and O–H groups in total. The minimum atomic E-state index is -0.412. The molecule has 0 radical (unpaired) electrons. The topological polar surface area (TPSA) is 67.9 Å². The Hall–Kier alpha value is -2.99. The lowest BCUT2D eigenvalue weighted by Gasteiger charge is -2.14. The van der Waals surface area contributed by atoms with Gasteiger partial charge >= 0.3 is 0 Å². The van der Waals surface area contributed by atoms with Crippen molar-refractivity contribution in [1.82, 2.24) is 4.90 Å². The van der Waals surface area contributed by atoms with E-state index in [1.165, 1.54) is 19.1 Å². The second-order valence-corrected chi connectivity index (χ2v) is 6.21. The van der Waals surface area contributed by atoms with E-state index in [0.29, 0.717) is 27.8 Å². The first-order valence-corrected chi connectivity index (χ1v) is 8.74. The Morgan fingerprint density at radius 3 is 2.37 bits per heavy atom. The smallest absolute Gasteiger partial charge is 0.278 e. The fourth-order valence-corrected chi connectivity index (χ4v) is 3.16. The zero-order valence-corrected chi connectivity index (χ0v) is 16.0. The van der Waals surface area contributed by atoms with Gasteiger partial charge in [0, 0.05) is 17.1 Å². The Labute approximate surface area is 162 Å². The summed E-state index contributed by atoms with van der Waals surface area (Å²) in [5, 5.41) is 3.52. The number of anilines is 1. The average Bonchev–Trinajstić information content (AvgIpc) is 2.91. The number of ether oxygens (including phenoxy) is 2. The molecule has 1 aliphatic rings. The summed E-state index contributed by atoms with van der Waals surface area (Å²) < 4.78 is 10.7. The number of imide groups is 1. The van der Waals surface area contributed by atoms with Crippen molar-refractivity contribution in [2.75, 3.05) is 26.1 Å². The lowest BCUT2D eigenvalue weighted by atomic mass is 10.0. The highest BCUT2D eigenvalue weighted by atomic mass is 35.5. The number of methoxy groups -OCH3 is 2. The van der Waals surface area contributed by atoms with Gasteiger partial charge in [-0.25, -0.2) is 0 Å². The molecule has 0 fully saturated rings. The van der Waals surface area contributed by atoms with Crippen LogP contribution in [-0.4, -0.2) is 37.5 Å². The van der Waals surface area contributed by atoms with Gasteiger partial charge in [0.15, 0.2) is 0 Å². The molecule has 0 bridgehead atoms. The maximum Gasteiger partial charge on any atom is 0.278 e. The molecule has 0 aliphatic carbocycles. The molecule has 0 unspecified atom stereocenters. The molecule has 1 aliphatic heterocycles. The summed E-state index contributed by atoms with van der Waals surface area (Å²) in [5.41, 5.74) is 1.44. The molecule has 0 aromatic heterocycles. The van der Waals surface area contributed by atoms with E-state index in [0.717, 1.165) is 0 Å². The minimum absolute atomic E-state index is 0.159. The van der Waals surface area contributed by atoms with E-state index >= 15 is 0 Å². The van der Waals surface area contributed by atoms with Crippen LogP contribution in [-0.2, 0) is 9.59 Å². The monoisotopic (exact) mass is 386 g/mol. The van der Waals surface area contributed by atoms with Crippen molar-refractivity contribution >= 4 is 34.7 Å². The summed E-state index contributed by atoms with van der Waals surface area (Å²) in [6, 6.07) is 12.1. The molecule has 2 aromatic carbocycles. The van der Waals surface area contributed by atoms with E-state index in [1.807, 2.05) is 0 Å². The molecule has 0 spiro atoms. The number of carbonyl (C=O) groups excluding carboxylic acids is 2. The van der Waals surface area contributed by atoms with Gasteiger partial charge in [0.05, 0.1) is 25.5 Å². The highest BCUT2D eigenvalue weighted by Gasteiger charge is 2.39. The van der Waals surface area contributed by atoms with Gasteiger partial charge in [-0.15, -0.1) is 0 Å². The Bertz CT molecular complexity index is 939. The van der Waals surface area contributed by atoms with Crippen molar-refractivity contribution in [1.29, 1.82) is 0 Å². The van der Waals surface area contributed by atoms with Crippen LogP contribution in [0, 0.1) is 0 Å². The largest absolute Gasteiger partial charge is 0.496 e.